The Balaban J connectivity index is 2.01. The summed E-state index contributed by atoms with van der Waals surface area (Å²) in [6.07, 6.45) is 3.16. The molecular formula is C14H21N3. The van der Waals surface area contributed by atoms with E-state index < -0.39 is 0 Å². The number of hydrogen-bond donors (Lipinski definition) is 1. The van der Waals surface area contributed by atoms with Crippen LogP contribution in [-0.4, -0.2) is 31.4 Å². The summed E-state index contributed by atoms with van der Waals surface area (Å²) in [5.74, 6) is 1.39. The van der Waals surface area contributed by atoms with Crippen LogP contribution in [0.15, 0.2) is 29.3 Å². The fraction of sp³-hybridized carbons (Fsp3) is 0.500. The van der Waals surface area contributed by atoms with E-state index in [0.717, 1.165) is 11.6 Å². The second-order valence-corrected chi connectivity index (χ2v) is 4.96. The maximum atomic E-state index is 5.82. The van der Waals surface area contributed by atoms with Crippen molar-refractivity contribution < 1.29 is 0 Å². The highest BCUT2D eigenvalue weighted by Gasteiger charge is 2.43. The summed E-state index contributed by atoms with van der Waals surface area (Å²) >= 11 is 0. The van der Waals surface area contributed by atoms with E-state index in [-0.39, 0.29) is 0 Å². The van der Waals surface area contributed by atoms with Crippen molar-refractivity contribution in [3.8, 4) is 0 Å². The van der Waals surface area contributed by atoms with E-state index in [1.807, 2.05) is 25.5 Å². The summed E-state index contributed by atoms with van der Waals surface area (Å²) in [5, 5.41) is 0. The quantitative estimate of drug-likeness (QED) is 0.491. The zero-order chi connectivity index (χ0) is 12.4. The predicted octanol–water partition coefficient (Wildman–Crippen LogP) is 2.35. The smallest absolute Gasteiger partial charge is 0.0846 e. The van der Waals surface area contributed by atoms with E-state index in [0.29, 0.717) is 12.0 Å². The predicted molar refractivity (Wildman–Crippen MR) is 73.3 cm³/mol. The van der Waals surface area contributed by atoms with Gasteiger partial charge in [0.1, 0.15) is 0 Å². The fourth-order valence-electron chi connectivity index (χ4n) is 2.51. The first-order valence-corrected chi connectivity index (χ1v) is 6.13. The standard InChI is InChI=1S/C14H21N3/c1-10(17(3)9-16-2)13-8-14(13)11-5-4-6-12(15)7-11/h4-7,9-10,13-14H,8,15H2,1-3H3/b16-9-/t10?,13-,14+/m0/s1. The number of nitrogens with two attached hydrogens (primary N) is 1. The molecular weight excluding hydrogens is 210 g/mol. The Labute approximate surface area is 103 Å². The Morgan fingerprint density at radius 1 is 1.53 bits per heavy atom. The van der Waals surface area contributed by atoms with Crippen molar-refractivity contribution in [2.24, 2.45) is 10.9 Å². The molecule has 92 valence electrons. The maximum Gasteiger partial charge on any atom is 0.0846 e. The molecule has 1 aliphatic rings. The van der Waals surface area contributed by atoms with E-state index >= 15 is 0 Å². The molecule has 3 atom stereocenters. The number of hydrogen-bond acceptors (Lipinski definition) is 2. The molecule has 0 amide bonds. The summed E-state index contributed by atoms with van der Waals surface area (Å²) < 4.78 is 0. The summed E-state index contributed by atoms with van der Waals surface area (Å²) in [5.41, 5.74) is 8.07. The van der Waals surface area contributed by atoms with E-state index in [2.05, 4.69) is 36.0 Å². The van der Waals surface area contributed by atoms with Crippen LogP contribution in [0.25, 0.3) is 0 Å². The summed E-state index contributed by atoms with van der Waals surface area (Å²) in [7, 11) is 3.90. The second-order valence-electron chi connectivity index (χ2n) is 4.96. The number of aliphatic imine (C=N–C) groups is 1. The Hall–Kier alpha value is -1.51. The highest BCUT2D eigenvalue weighted by Crippen LogP contribution is 2.50. The molecule has 1 aliphatic carbocycles. The molecule has 0 aliphatic heterocycles. The van der Waals surface area contributed by atoms with Crippen molar-refractivity contribution in [3.63, 3.8) is 0 Å². The average Bonchev–Trinajstić information content (AvgIpc) is 3.08. The van der Waals surface area contributed by atoms with Gasteiger partial charge in [0, 0.05) is 25.8 Å². The first kappa shape index (κ1) is 12.0. The van der Waals surface area contributed by atoms with Gasteiger partial charge in [-0.2, -0.15) is 0 Å². The van der Waals surface area contributed by atoms with E-state index in [9.17, 15) is 0 Å². The van der Waals surface area contributed by atoms with Crippen LogP contribution in [0.2, 0.25) is 0 Å². The van der Waals surface area contributed by atoms with E-state index in [1.54, 1.807) is 0 Å². The minimum Gasteiger partial charge on any atom is -0.399 e. The first-order chi connectivity index (χ1) is 8.13. The van der Waals surface area contributed by atoms with Crippen LogP contribution in [0.5, 0.6) is 0 Å². The minimum atomic E-state index is 0.533. The van der Waals surface area contributed by atoms with Crippen molar-refractivity contribution in [2.75, 3.05) is 19.8 Å². The molecule has 0 saturated heterocycles. The SMILES string of the molecule is C/N=C\N(C)C(C)[C@@H]1C[C@@H]1c1cccc(N)c1. The molecule has 0 spiro atoms. The van der Waals surface area contributed by atoms with Gasteiger partial charge < -0.3 is 10.6 Å². The number of nitrogens with zero attached hydrogens (tertiary/aromatic N) is 2. The molecule has 17 heavy (non-hydrogen) atoms. The lowest BCUT2D eigenvalue weighted by molar-refractivity contribution is 0.357. The van der Waals surface area contributed by atoms with E-state index in [1.165, 1.54) is 12.0 Å². The summed E-state index contributed by atoms with van der Waals surface area (Å²) in [4.78, 5) is 6.25. The number of nitrogen functional groups attached to an aromatic ring is 1. The van der Waals surface area contributed by atoms with E-state index in [4.69, 9.17) is 5.73 Å². The largest absolute Gasteiger partial charge is 0.399 e. The van der Waals surface area contributed by atoms with Crippen LogP contribution in [0.3, 0.4) is 0 Å². The molecule has 0 bridgehead atoms. The number of rotatable bonds is 4. The van der Waals surface area contributed by atoms with Gasteiger partial charge in [0.05, 0.1) is 6.34 Å². The normalized spacial score (nSPS) is 24.9. The molecule has 1 fully saturated rings. The van der Waals surface area contributed by atoms with Crippen LogP contribution < -0.4 is 5.73 Å². The average molecular weight is 231 g/mol. The summed E-state index contributed by atoms with van der Waals surface area (Å²) in [6.45, 7) is 2.26. The molecule has 2 rings (SSSR count). The van der Waals surface area contributed by atoms with Crippen LogP contribution >= 0.6 is 0 Å². The first-order valence-electron chi connectivity index (χ1n) is 6.13. The lowest BCUT2D eigenvalue weighted by Gasteiger charge is -2.22. The molecule has 1 saturated carbocycles. The third-order valence-corrected chi connectivity index (χ3v) is 3.74. The van der Waals surface area contributed by atoms with Gasteiger partial charge in [-0.15, -0.1) is 0 Å². The molecule has 1 aromatic rings. The minimum absolute atomic E-state index is 0.533. The molecule has 1 aromatic carbocycles. The molecule has 0 heterocycles. The van der Waals surface area contributed by atoms with Crippen molar-refractivity contribution in [1.82, 2.24) is 4.90 Å². The Morgan fingerprint density at radius 2 is 2.29 bits per heavy atom. The fourth-order valence-corrected chi connectivity index (χ4v) is 2.51. The Kier molecular flexibility index (Phi) is 3.36. The molecule has 3 nitrogen and oxygen atoms in total. The van der Waals surface area contributed by atoms with Gasteiger partial charge in [0.15, 0.2) is 0 Å². The van der Waals surface area contributed by atoms with Crippen molar-refractivity contribution in [3.05, 3.63) is 29.8 Å². The molecule has 0 aromatic heterocycles. The highest BCUT2D eigenvalue weighted by atomic mass is 15.2. The van der Waals surface area contributed by atoms with Crippen LogP contribution in [0, 0.1) is 5.92 Å². The van der Waals surface area contributed by atoms with Gasteiger partial charge >= 0.3 is 0 Å². The van der Waals surface area contributed by atoms with Crippen LogP contribution in [-0.2, 0) is 0 Å². The zero-order valence-electron chi connectivity index (χ0n) is 10.8. The monoisotopic (exact) mass is 231 g/mol. The summed E-state index contributed by atoms with van der Waals surface area (Å²) in [6, 6.07) is 8.81. The lowest BCUT2D eigenvalue weighted by Crippen LogP contribution is -2.29. The lowest BCUT2D eigenvalue weighted by atomic mass is 10.1. The van der Waals surface area contributed by atoms with Crippen LogP contribution in [0.4, 0.5) is 5.69 Å². The third kappa shape index (κ3) is 2.60. The van der Waals surface area contributed by atoms with Gasteiger partial charge in [0.25, 0.3) is 0 Å². The highest BCUT2D eigenvalue weighted by molar-refractivity contribution is 5.55. The number of anilines is 1. The second kappa shape index (κ2) is 4.78. The van der Waals surface area contributed by atoms with Gasteiger partial charge in [-0.1, -0.05) is 12.1 Å². The van der Waals surface area contributed by atoms with Gasteiger partial charge in [-0.25, -0.2) is 0 Å². The molecule has 3 heteroatoms. The Morgan fingerprint density at radius 3 is 2.94 bits per heavy atom. The van der Waals surface area contributed by atoms with Gasteiger partial charge in [0.2, 0.25) is 0 Å². The van der Waals surface area contributed by atoms with Crippen molar-refractivity contribution >= 4 is 12.0 Å². The molecule has 2 N–H and O–H groups in total. The maximum absolute atomic E-state index is 5.82. The third-order valence-electron chi connectivity index (χ3n) is 3.74. The van der Waals surface area contributed by atoms with Crippen molar-refractivity contribution in [2.45, 2.75) is 25.3 Å². The zero-order valence-corrected chi connectivity index (χ0v) is 10.8. The topological polar surface area (TPSA) is 41.6 Å². The Bertz CT molecular complexity index is 414. The van der Waals surface area contributed by atoms with Gasteiger partial charge in [-0.05, 0) is 42.9 Å². The van der Waals surface area contributed by atoms with Crippen molar-refractivity contribution in [1.29, 1.82) is 0 Å². The molecule has 1 unspecified atom stereocenters. The van der Waals surface area contributed by atoms with Gasteiger partial charge in [-0.3, -0.25) is 4.99 Å². The number of benzene rings is 1. The van der Waals surface area contributed by atoms with Crippen LogP contribution in [0.1, 0.15) is 24.8 Å². The molecule has 0 radical (unpaired) electrons.